The molecule has 2 nitrogen and oxygen atoms in total. The minimum Gasteiger partial charge on any atom is -0.480 e. The van der Waals surface area contributed by atoms with Crippen molar-refractivity contribution in [3.8, 4) is 0 Å². The number of unbranched alkanes of at least 4 members (excludes halogenated alkanes) is 1. The summed E-state index contributed by atoms with van der Waals surface area (Å²) in [7, 11) is 0. The molecule has 0 amide bonds. The second-order valence-electron chi connectivity index (χ2n) is 3.72. The van der Waals surface area contributed by atoms with E-state index in [-0.39, 0.29) is 11.9 Å². The number of thioether (sulfide) groups is 1. The van der Waals surface area contributed by atoms with Gasteiger partial charge in [-0.2, -0.15) is 0 Å². The molecule has 0 fully saturated rings. The first kappa shape index (κ1) is 13.8. The van der Waals surface area contributed by atoms with Crippen molar-refractivity contribution in [1.29, 1.82) is 0 Å². The van der Waals surface area contributed by atoms with E-state index >= 15 is 0 Å². The first-order valence-corrected chi connectivity index (χ1v) is 6.03. The lowest BCUT2D eigenvalue weighted by molar-refractivity contribution is -0.136. The maximum Gasteiger partial charge on any atom is 0.316 e. The monoisotopic (exact) mass is 222 g/mol. The molecule has 0 rings (SSSR count). The zero-order valence-corrected chi connectivity index (χ0v) is 9.65. The number of carboxylic acids is 1. The highest BCUT2D eigenvalue weighted by molar-refractivity contribution is 8.00. The van der Waals surface area contributed by atoms with Crippen LogP contribution in [-0.4, -0.2) is 28.8 Å². The molecule has 0 aromatic rings. The highest BCUT2D eigenvalue weighted by Gasteiger charge is 2.18. The predicted octanol–water partition coefficient (Wildman–Crippen LogP) is 2.97. The molecule has 0 aromatic heterocycles. The predicted molar refractivity (Wildman–Crippen MR) is 58.5 cm³/mol. The summed E-state index contributed by atoms with van der Waals surface area (Å²) >= 11 is 1.43. The number of carbonyl (C=O) groups is 1. The number of aliphatic carboxylic acids is 1. The smallest absolute Gasteiger partial charge is 0.316 e. The highest BCUT2D eigenvalue weighted by atomic mass is 32.2. The Kier molecular flexibility index (Phi) is 7.95. The summed E-state index contributed by atoms with van der Waals surface area (Å²) in [6, 6.07) is 0. The third kappa shape index (κ3) is 7.18. The van der Waals surface area contributed by atoms with E-state index < -0.39 is 5.97 Å². The van der Waals surface area contributed by atoms with E-state index in [1.165, 1.54) is 11.8 Å². The van der Waals surface area contributed by atoms with E-state index in [1.54, 1.807) is 0 Å². The Morgan fingerprint density at radius 3 is 2.50 bits per heavy atom. The van der Waals surface area contributed by atoms with Gasteiger partial charge in [0.1, 0.15) is 5.25 Å². The lowest BCUT2D eigenvalue weighted by Gasteiger charge is -2.13. The first-order chi connectivity index (χ1) is 6.57. The van der Waals surface area contributed by atoms with Crippen LogP contribution in [0, 0.1) is 5.92 Å². The van der Waals surface area contributed by atoms with Crippen molar-refractivity contribution in [2.24, 2.45) is 5.92 Å². The molecule has 0 bridgehead atoms. The van der Waals surface area contributed by atoms with Crippen LogP contribution in [0.4, 0.5) is 4.39 Å². The summed E-state index contributed by atoms with van der Waals surface area (Å²) in [6.45, 7) is 3.72. The molecule has 84 valence electrons. The van der Waals surface area contributed by atoms with Gasteiger partial charge in [0, 0.05) is 0 Å². The average molecular weight is 222 g/mol. The number of alkyl halides is 1. The van der Waals surface area contributed by atoms with Gasteiger partial charge in [-0.15, -0.1) is 11.8 Å². The fourth-order valence-corrected chi connectivity index (χ4v) is 2.41. The molecule has 14 heavy (non-hydrogen) atoms. The largest absolute Gasteiger partial charge is 0.480 e. The van der Waals surface area contributed by atoms with Crippen LogP contribution in [0.3, 0.4) is 0 Å². The summed E-state index contributed by atoms with van der Waals surface area (Å²) in [5, 5.41) is 8.56. The summed E-state index contributed by atoms with van der Waals surface area (Å²) < 4.78 is 11.8. The molecule has 4 heteroatoms. The van der Waals surface area contributed by atoms with Crippen LogP contribution in [0.5, 0.6) is 0 Å². The van der Waals surface area contributed by atoms with Crippen LogP contribution in [0.25, 0.3) is 0 Å². The summed E-state index contributed by atoms with van der Waals surface area (Å²) in [5.74, 6) is 0.391. The molecule has 0 saturated heterocycles. The Morgan fingerprint density at radius 2 is 2.07 bits per heavy atom. The fourth-order valence-electron chi connectivity index (χ4n) is 1.09. The van der Waals surface area contributed by atoms with Crippen LogP contribution in [0.1, 0.15) is 33.1 Å². The van der Waals surface area contributed by atoms with Gasteiger partial charge in [0.05, 0.1) is 6.67 Å². The number of rotatable bonds is 8. The molecule has 0 radical (unpaired) electrons. The van der Waals surface area contributed by atoms with Crippen molar-refractivity contribution in [2.75, 3.05) is 12.4 Å². The van der Waals surface area contributed by atoms with Crippen molar-refractivity contribution in [2.45, 2.75) is 38.4 Å². The van der Waals surface area contributed by atoms with Crippen LogP contribution in [0.2, 0.25) is 0 Å². The van der Waals surface area contributed by atoms with E-state index in [0.717, 1.165) is 12.2 Å². The van der Waals surface area contributed by atoms with Gasteiger partial charge in [0.15, 0.2) is 0 Å². The molecule has 1 N–H and O–H groups in total. The van der Waals surface area contributed by atoms with Gasteiger partial charge in [0.25, 0.3) is 0 Å². The normalized spacial score (nSPS) is 13.1. The van der Waals surface area contributed by atoms with E-state index in [9.17, 15) is 9.18 Å². The second-order valence-corrected chi connectivity index (χ2v) is 5.03. The lowest BCUT2D eigenvalue weighted by Crippen LogP contribution is -2.19. The van der Waals surface area contributed by atoms with E-state index in [1.807, 2.05) is 13.8 Å². The van der Waals surface area contributed by atoms with Crippen molar-refractivity contribution in [3.63, 3.8) is 0 Å². The molecule has 1 atom stereocenters. The van der Waals surface area contributed by atoms with Crippen molar-refractivity contribution in [1.82, 2.24) is 0 Å². The Hall–Kier alpha value is -0.250. The Balaban J connectivity index is 3.68. The highest BCUT2D eigenvalue weighted by Crippen LogP contribution is 2.20. The maximum atomic E-state index is 11.8. The summed E-state index contributed by atoms with van der Waals surface area (Å²) in [4.78, 5) is 10.8. The Bertz CT molecular complexity index is 162. The second kappa shape index (κ2) is 8.09. The van der Waals surface area contributed by atoms with Gasteiger partial charge in [-0.1, -0.05) is 13.8 Å². The van der Waals surface area contributed by atoms with Crippen molar-refractivity contribution < 1.29 is 14.3 Å². The molecule has 0 aromatic carbocycles. The molecule has 1 unspecified atom stereocenters. The van der Waals surface area contributed by atoms with Crippen LogP contribution >= 0.6 is 11.8 Å². The number of carboxylic acid groups (broad SMARTS) is 1. The Labute approximate surface area is 89.3 Å². The minimum absolute atomic E-state index is 0.303. The number of hydrogen-bond acceptors (Lipinski definition) is 2. The lowest BCUT2D eigenvalue weighted by atomic mass is 10.1. The minimum atomic E-state index is -0.746. The molecule has 0 aliphatic carbocycles. The van der Waals surface area contributed by atoms with Gasteiger partial charge in [-0.3, -0.25) is 9.18 Å². The van der Waals surface area contributed by atoms with E-state index in [0.29, 0.717) is 18.8 Å². The average Bonchev–Trinajstić information content (AvgIpc) is 2.09. The zero-order valence-electron chi connectivity index (χ0n) is 8.83. The quantitative estimate of drug-likeness (QED) is 0.641. The summed E-state index contributed by atoms with van der Waals surface area (Å²) in [5.41, 5.74) is 0. The SMILES string of the molecule is CC(C)CC(SCCCCF)C(=O)O. The van der Waals surface area contributed by atoms with Gasteiger partial charge in [-0.05, 0) is 30.9 Å². The number of halogens is 1. The van der Waals surface area contributed by atoms with Gasteiger partial charge >= 0.3 is 5.97 Å². The van der Waals surface area contributed by atoms with E-state index in [2.05, 4.69) is 0 Å². The third-order valence-electron chi connectivity index (χ3n) is 1.81. The van der Waals surface area contributed by atoms with Gasteiger partial charge in [0.2, 0.25) is 0 Å². The fraction of sp³-hybridized carbons (Fsp3) is 0.900. The van der Waals surface area contributed by atoms with Crippen LogP contribution < -0.4 is 0 Å². The van der Waals surface area contributed by atoms with Crippen LogP contribution in [-0.2, 0) is 4.79 Å². The maximum absolute atomic E-state index is 11.8. The topological polar surface area (TPSA) is 37.3 Å². The molecule has 0 spiro atoms. The van der Waals surface area contributed by atoms with E-state index in [4.69, 9.17) is 5.11 Å². The molecule has 0 saturated carbocycles. The zero-order chi connectivity index (χ0) is 11.0. The Morgan fingerprint density at radius 1 is 1.43 bits per heavy atom. The molecule has 0 aliphatic rings. The summed E-state index contributed by atoms with van der Waals surface area (Å²) in [6.07, 6.45) is 2.00. The third-order valence-corrected chi connectivity index (χ3v) is 3.13. The first-order valence-electron chi connectivity index (χ1n) is 4.98. The number of hydrogen-bond donors (Lipinski definition) is 1. The van der Waals surface area contributed by atoms with Crippen LogP contribution in [0.15, 0.2) is 0 Å². The van der Waals surface area contributed by atoms with Crippen molar-refractivity contribution in [3.05, 3.63) is 0 Å². The molecular weight excluding hydrogens is 203 g/mol. The van der Waals surface area contributed by atoms with Gasteiger partial charge in [-0.25, -0.2) is 0 Å². The standard InChI is InChI=1S/C10H19FO2S/c1-8(2)7-9(10(12)13)14-6-4-3-5-11/h8-9H,3-7H2,1-2H3,(H,12,13). The van der Waals surface area contributed by atoms with Gasteiger partial charge < -0.3 is 5.11 Å². The molecule has 0 heterocycles. The molecular formula is C10H19FO2S. The van der Waals surface area contributed by atoms with Crippen molar-refractivity contribution >= 4 is 17.7 Å². The molecule has 0 aliphatic heterocycles.